The van der Waals surface area contributed by atoms with Gasteiger partial charge in [0, 0.05) is 62.1 Å². The van der Waals surface area contributed by atoms with Crippen LogP contribution < -0.4 is 4.74 Å². The van der Waals surface area contributed by atoms with Crippen molar-refractivity contribution >= 4 is 34.2 Å². The largest absolute Gasteiger partial charge is 0.494 e. The van der Waals surface area contributed by atoms with Crippen molar-refractivity contribution in [2.75, 3.05) is 26.7 Å². The van der Waals surface area contributed by atoms with Gasteiger partial charge in [-0.3, -0.25) is 0 Å². The molecule has 1 aromatic carbocycles. The van der Waals surface area contributed by atoms with Gasteiger partial charge in [0.25, 0.3) is 5.92 Å². The van der Waals surface area contributed by atoms with Crippen molar-refractivity contribution in [1.82, 2.24) is 14.5 Å². The topological polar surface area (TPSA) is 30.3 Å². The van der Waals surface area contributed by atoms with Gasteiger partial charge in [-0.05, 0) is 12.1 Å². The van der Waals surface area contributed by atoms with Gasteiger partial charge in [-0.1, -0.05) is 0 Å². The summed E-state index contributed by atoms with van der Waals surface area (Å²) in [5, 5.41) is 0.528. The van der Waals surface area contributed by atoms with Gasteiger partial charge in [0.15, 0.2) is 17.3 Å². The number of halogens is 7. The monoisotopic (exact) mass is 467 g/mol. The average molecular weight is 468 g/mol. The minimum Gasteiger partial charge on any atom is -0.494 e. The fraction of sp³-hybridized carbons (Fsp3) is 0.450. The molecule has 3 aromatic rings. The van der Waals surface area contributed by atoms with Crippen molar-refractivity contribution in [3.05, 3.63) is 35.9 Å². The molecule has 1 aliphatic heterocycles. The molecule has 0 atom stereocenters. The third kappa shape index (κ3) is 4.41. The van der Waals surface area contributed by atoms with Crippen molar-refractivity contribution in [3.8, 4) is 5.75 Å². The van der Waals surface area contributed by atoms with Gasteiger partial charge in [-0.15, -0.1) is 12.4 Å². The number of likely N-dealkylation sites (tertiary alicyclic amines) is 1. The standard InChI is InChI=1S/C20H19F6N3O.ClH/c1-30-16-11-15-13(10-14(16)21)12-2-5-27-18(20(24,25)26)17(12)29(15)9-8-28-6-3-19(22,23)4-7-28;/h2,5,10-11H,3-4,6-9H2,1H3;1H. The van der Waals surface area contributed by atoms with Crippen molar-refractivity contribution in [2.45, 2.75) is 31.5 Å². The Balaban J connectivity index is 0.00000272. The molecule has 0 N–H and O–H groups in total. The second kappa shape index (κ2) is 8.38. The van der Waals surface area contributed by atoms with Crippen LogP contribution in [0.2, 0.25) is 0 Å². The lowest BCUT2D eigenvalue weighted by molar-refractivity contribution is -0.140. The molecule has 4 rings (SSSR count). The van der Waals surface area contributed by atoms with Crippen LogP contribution in [0.5, 0.6) is 5.75 Å². The maximum atomic E-state index is 14.3. The number of rotatable bonds is 4. The van der Waals surface area contributed by atoms with Crippen LogP contribution in [0.15, 0.2) is 24.4 Å². The molecule has 2 aromatic heterocycles. The van der Waals surface area contributed by atoms with Gasteiger partial charge >= 0.3 is 6.18 Å². The molecule has 1 fully saturated rings. The average Bonchev–Trinajstić information content (AvgIpc) is 2.98. The zero-order chi connectivity index (χ0) is 21.7. The van der Waals surface area contributed by atoms with E-state index in [1.54, 1.807) is 4.90 Å². The highest BCUT2D eigenvalue weighted by Crippen LogP contribution is 2.39. The molecule has 11 heteroatoms. The lowest BCUT2D eigenvalue weighted by Crippen LogP contribution is -2.40. The van der Waals surface area contributed by atoms with E-state index in [4.69, 9.17) is 4.74 Å². The Bertz CT molecular complexity index is 1090. The van der Waals surface area contributed by atoms with Gasteiger partial charge in [-0.25, -0.2) is 18.2 Å². The Morgan fingerprint density at radius 2 is 1.77 bits per heavy atom. The summed E-state index contributed by atoms with van der Waals surface area (Å²) in [6.45, 7) is 0.703. The van der Waals surface area contributed by atoms with Crippen LogP contribution in [0.25, 0.3) is 21.8 Å². The van der Waals surface area contributed by atoms with E-state index in [1.165, 1.54) is 23.8 Å². The van der Waals surface area contributed by atoms with E-state index in [0.29, 0.717) is 10.9 Å². The van der Waals surface area contributed by atoms with E-state index in [-0.39, 0.29) is 68.1 Å². The predicted molar refractivity (Wildman–Crippen MR) is 107 cm³/mol. The number of aromatic nitrogens is 2. The highest BCUT2D eigenvalue weighted by atomic mass is 35.5. The Labute approximate surface area is 180 Å². The Morgan fingerprint density at radius 1 is 1.10 bits per heavy atom. The van der Waals surface area contributed by atoms with Gasteiger partial charge in [0.05, 0.1) is 18.1 Å². The van der Waals surface area contributed by atoms with Crippen molar-refractivity contribution in [1.29, 1.82) is 0 Å². The molecule has 0 amide bonds. The zero-order valence-corrected chi connectivity index (χ0v) is 17.3. The number of hydrogen-bond acceptors (Lipinski definition) is 3. The van der Waals surface area contributed by atoms with Crippen molar-refractivity contribution < 1.29 is 31.1 Å². The first-order valence-electron chi connectivity index (χ1n) is 9.42. The molecule has 3 heterocycles. The number of methoxy groups -OCH3 is 1. The van der Waals surface area contributed by atoms with Gasteiger partial charge in [0.2, 0.25) is 0 Å². The number of hydrogen-bond donors (Lipinski definition) is 0. The second-order valence-electron chi connectivity index (χ2n) is 7.41. The third-order valence-corrected chi connectivity index (χ3v) is 5.54. The fourth-order valence-corrected chi connectivity index (χ4v) is 3.99. The quantitative estimate of drug-likeness (QED) is 0.474. The van der Waals surface area contributed by atoms with Crippen molar-refractivity contribution in [3.63, 3.8) is 0 Å². The highest BCUT2D eigenvalue weighted by Gasteiger charge is 2.37. The first-order valence-corrected chi connectivity index (χ1v) is 9.42. The number of benzene rings is 1. The summed E-state index contributed by atoms with van der Waals surface area (Å²) < 4.78 is 88.5. The minimum atomic E-state index is -4.71. The molecule has 0 spiro atoms. The van der Waals surface area contributed by atoms with E-state index in [1.807, 2.05) is 0 Å². The first-order chi connectivity index (χ1) is 14.1. The summed E-state index contributed by atoms with van der Waals surface area (Å²) in [6.07, 6.45) is -4.23. The Morgan fingerprint density at radius 3 is 2.39 bits per heavy atom. The molecule has 0 radical (unpaired) electrons. The number of ether oxygens (including phenoxy) is 1. The maximum absolute atomic E-state index is 14.3. The Kier molecular flexibility index (Phi) is 6.35. The van der Waals surface area contributed by atoms with Crippen LogP contribution in [-0.2, 0) is 12.7 Å². The smallest absolute Gasteiger partial charge is 0.435 e. The zero-order valence-electron chi connectivity index (χ0n) is 16.5. The molecule has 0 unspecified atom stereocenters. The molecule has 170 valence electrons. The predicted octanol–water partition coefficient (Wildman–Crippen LogP) is 5.51. The van der Waals surface area contributed by atoms with E-state index < -0.39 is 23.6 Å². The summed E-state index contributed by atoms with van der Waals surface area (Å²) in [4.78, 5) is 5.32. The van der Waals surface area contributed by atoms with Crippen LogP contribution in [0.3, 0.4) is 0 Å². The normalized spacial score (nSPS) is 17.1. The molecule has 1 aliphatic rings. The van der Waals surface area contributed by atoms with Crippen LogP contribution in [0, 0.1) is 5.82 Å². The molecule has 0 saturated carbocycles. The van der Waals surface area contributed by atoms with E-state index in [9.17, 15) is 26.3 Å². The van der Waals surface area contributed by atoms with Crippen LogP contribution in [0.4, 0.5) is 26.3 Å². The summed E-state index contributed by atoms with van der Waals surface area (Å²) in [6, 6.07) is 3.92. The highest BCUT2D eigenvalue weighted by molar-refractivity contribution is 6.09. The molecule has 31 heavy (non-hydrogen) atoms. The van der Waals surface area contributed by atoms with Crippen LogP contribution in [0.1, 0.15) is 18.5 Å². The summed E-state index contributed by atoms with van der Waals surface area (Å²) >= 11 is 0. The van der Waals surface area contributed by atoms with Gasteiger partial charge < -0.3 is 14.2 Å². The molecular weight excluding hydrogens is 448 g/mol. The first kappa shape index (κ1) is 23.5. The molecular formula is C20H20ClF6N3O. The summed E-state index contributed by atoms with van der Waals surface area (Å²) in [5.41, 5.74) is -0.861. The van der Waals surface area contributed by atoms with Crippen LogP contribution >= 0.6 is 12.4 Å². The van der Waals surface area contributed by atoms with Gasteiger partial charge in [-0.2, -0.15) is 13.2 Å². The van der Waals surface area contributed by atoms with Gasteiger partial charge in [0.1, 0.15) is 0 Å². The molecule has 1 saturated heterocycles. The molecule has 4 nitrogen and oxygen atoms in total. The lowest BCUT2D eigenvalue weighted by atomic mass is 10.1. The molecule has 0 aliphatic carbocycles. The van der Waals surface area contributed by atoms with E-state index >= 15 is 0 Å². The SMILES string of the molecule is COc1cc2c(cc1F)c1ccnc(C(F)(F)F)c1n2CCN1CCC(F)(F)CC1.Cl. The van der Waals surface area contributed by atoms with E-state index in [2.05, 4.69) is 4.98 Å². The van der Waals surface area contributed by atoms with Crippen LogP contribution in [-0.4, -0.2) is 47.1 Å². The number of pyridine rings is 1. The fourth-order valence-electron chi connectivity index (χ4n) is 3.99. The third-order valence-electron chi connectivity index (χ3n) is 5.54. The Hall–Kier alpha value is -2.20. The van der Waals surface area contributed by atoms with Crippen molar-refractivity contribution in [2.24, 2.45) is 0 Å². The minimum absolute atomic E-state index is 0. The second-order valence-corrected chi connectivity index (χ2v) is 7.41. The lowest BCUT2D eigenvalue weighted by Gasteiger charge is -2.31. The summed E-state index contributed by atoms with van der Waals surface area (Å²) in [7, 11) is 1.27. The van der Waals surface area contributed by atoms with E-state index in [0.717, 1.165) is 12.3 Å². The number of fused-ring (bicyclic) bond motifs is 3. The molecule has 0 bridgehead atoms. The number of piperidine rings is 1. The maximum Gasteiger partial charge on any atom is 0.435 e. The number of nitrogens with zero attached hydrogens (tertiary/aromatic N) is 3. The number of alkyl halides is 5. The summed E-state index contributed by atoms with van der Waals surface area (Å²) in [5.74, 6) is -3.49.